The highest BCUT2D eigenvalue weighted by Gasteiger charge is 2.33. The average molecular weight is 265 g/mol. The standard InChI is InChI=1S/C15H20FNO2/c1-3-17-14-9-19-8-13(14)15(18)7-11-4-5-12(16)6-10(11)2/h4-6,13-14,17H,3,7-9H2,1-2H3. The van der Waals surface area contributed by atoms with Gasteiger partial charge in [0.05, 0.1) is 19.1 Å². The van der Waals surface area contributed by atoms with Gasteiger partial charge in [-0.05, 0) is 36.7 Å². The summed E-state index contributed by atoms with van der Waals surface area (Å²) in [5.74, 6) is -0.189. The molecule has 0 amide bonds. The monoisotopic (exact) mass is 265 g/mol. The first-order chi connectivity index (χ1) is 9.11. The van der Waals surface area contributed by atoms with Crippen molar-refractivity contribution in [3.8, 4) is 0 Å². The summed E-state index contributed by atoms with van der Waals surface area (Å²) < 4.78 is 18.4. The fraction of sp³-hybridized carbons (Fsp3) is 0.533. The molecule has 1 fully saturated rings. The molecule has 1 saturated heterocycles. The molecule has 2 atom stereocenters. The predicted molar refractivity (Wildman–Crippen MR) is 71.6 cm³/mol. The van der Waals surface area contributed by atoms with Crippen LogP contribution in [0.1, 0.15) is 18.1 Å². The Bertz CT molecular complexity index is 461. The van der Waals surface area contributed by atoms with E-state index in [1.807, 2.05) is 13.8 Å². The van der Waals surface area contributed by atoms with Crippen molar-refractivity contribution in [1.29, 1.82) is 0 Å². The van der Waals surface area contributed by atoms with E-state index in [9.17, 15) is 9.18 Å². The van der Waals surface area contributed by atoms with Crippen LogP contribution in [0.2, 0.25) is 0 Å². The lowest BCUT2D eigenvalue weighted by Crippen LogP contribution is -2.39. The van der Waals surface area contributed by atoms with Crippen LogP contribution in [0, 0.1) is 18.7 Å². The molecular weight excluding hydrogens is 245 g/mol. The maximum Gasteiger partial charge on any atom is 0.144 e. The number of ether oxygens (including phenoxy) is 1. The molecular formula is C15H20FNO2. The molecule has 104 valence electrons. The van der Waals surface area contributed by atoms with E-state index >= 15 is 0 Å². The lowest BCUT2D eigenvalue weighted by Gasteiger charge is -2.17. The number of carbonyl (C=O) groups is 1. The highest BCUT2D eigenvalue weighted by molar-refractivity contribution is 5.84. The fourth-order valence-electron chi connectivity index (χ4n) is 2.51. The number of aryl methyl sites for hydroxylation is 1. The SMILES string of the molecule is CCNC1COCC1C(=O)Cc1ccc(F)cc1C. The molecule has 2 unspecified atom stereocenters. The first-order valence-corrected chi connectivity index (χ1v) is 6.70. The smallest absolute Gasteiger partial charge is 0.144 e. The molecule has 0 aliphatic carbocycles. The second-order valence-electron chi connectivity index (χ2n) is 5.02. The molecule has 3 nitrogen and oxygen atoms in total. The summed E-state index contributed by atoms with van der Waals surface area (Å²) in [6.07, 6.45) is 0.349. The molecule has 1 N–H and O–H groups in total. The van der Waals surface area contributed by atoms with Crippen molar-refractivity contribution < 1.29 is 13.9 Å². The summed E-state index contributed by atoms with van der Waals surface area (Å²) >= 11 is 0. The molecule has 1 heterocycles. The maximum atomic E-state index is 13.0. The Balaban J connectivity index is 2.04. The first-order valence-electron chi connectivity index (χ1n) is 6.70. The van der Waals surface area contributed by atoms with Crippen LogP contribution in [0.25, 0.3) is 0 Å². The average Bonchev–Trinajstić information content (AvgIpc) is 2.81. The summed E-state index contributed by atoms with van der Waals surface area (Å²) in [5, 5.41) is 3.28. The first kappa shape index (κ1) is 14.2. The molecule has 1 aliphatic heterocycles. The van der Waals surface area contributed by atoms with Crippen molar-refractivity contribution in [3.05, 3.63) is 35.1 Å². The minimum Gasteiger partial charge on any atom is -0.379 e. The lowest BCUT2D eigenvalue weighted by molar-refractivity contribution is -0.122. The number of rotatable bonds is 5. The third kappa shape index (κ3) is 3.39. The number of nitrogens with one attached hydrogen (secondary N) is 1. The number of carbonyl (C=O) groups excluding carboxylic acids is 1. The van der Waals surface area contributed by atoms with E-state index in [0.29, 0.717) is 19.6 Å². The van der Waals surface area contributed by atoms with Crippen LogP contribution in [0.3, 0.4) is 0 Å². The second kappa shape index (κ2) is 6.26. The molecule has 4 heteroatoms. The molecule has 0 spiro atoms. The van der Waals surface area contributed by atoms with Gasteiger partial charge in [0.15, 0.2) is 0 Å². The zero-order valence-electron chi connectivity index (χ0n) is 11.4. The Kier molecular flexibility index (Phi) is 4.66. The van der Waals surface area contributed by atoms with E-state index in [0.717, 1.165) is 17.7 Å². The van der Waals surface area contributed by atoms with Crippen LogP contribution in [-0.2, 0) is 16.0 Å². The molecule has 1 aromatic rings. The third-order valence-corrected chi connectivity index (χ3v) is 3.63. The van der Waals surface area contributed by atoms with E-state index in [-0.39, 0.29) is 23.6 Å². The molecule has 0 bridgehead atoms. The molecule has 2 rings (SSSR count). The van der Waals surface area contributed by atoms with Crippen LogP contribution >= 0.6 is 0 Å². The Labute approximate surface area is 113 Å². The van der Waals surface area contributed by atoms with Gasteiger partial charge in [0.1, 0.15) is 11.6 Å². The van der Waals surface area contributed by atoms with E-state index in [2.05, 4.69) is 5.32 Å². The lowest BCUT2D eigenvalue weighted by atomic mass is 9.92. The van der Waals surface area contributed by atoms with E-state index in [1.165, 1.54) is 12.1 Å². The summed E-state index contributed by atoms with van der Waals surface area (Å²) in [4.78, 5) is 12.3. The summed E-state index contributed by atoms with van der Waals surface area (Å²) in [7, 11) is 0. The van der Waals surface area contributed by atoms with Gasteiger partial charge in [0.25, 0.3) is 0 Å². The van der Waals surface area contributed by atoms with Crippen LogP contribution in [0.5, 0.6) is 0 Å². The van der Waals surface area contributed by atoms with Gasteiger partial charge in [-0.3, -0.25) is 4.79 Å². The van der Waals surface area contributed by atoms with Crippen molar-refractivity contribution in [3.63, 3.8) is 0 Å². The normalized spacial score (nSPS) is 22.7. The van der Waals surface area contributed by atoms with Crippen molar-refractivity contribution in [2.45, 2.75) is 26.3 Å². The minimum atomic E-state index is -0.261. The van der Waals surface area contributed by atoms with Crippen molar-refractivity contribution in [1.82, 2.24) is 5.32 Å². The Morgan fingerprint density at radius 3 is 2.95 bits per heavy atom. The highest BCUT2D eigenvalue weighted by atomic mass is 19.1. The van der Waals surface area contributed by atoms with Crippen LogP contribution in [0.15, 0.2) is 18.2 Å². The summed E-state index contributed by atoms with van der Waals surface area (Å²) in [5.41, 5.74) is 1.72. The number of ketones is 1. The highest BCUT2D eigenvalue weighted by Crippen LogP contribution is 2.19. The van der Waals surface area contributed by atoms with Gasteiger partial charge in [0.2, 0.25) is 0 Å². The van der Waals surface area contributed by atoms with Gasteiger partial charge < -0.3 is 10.1 Å². The molecule has 1 aromatic carbocycles. The molecule has 19 heavy (non-hydrogen) atoms. The molecule has 0 radical (unpaired) electrons. The Morgan fingerprint density at radius 1 is 1.47 bits per heavy atom. The predicted octanol–water partition coefficient (Wildman–Crippen LogP) is 1.87. The van der Waals surface area contributed by atoms with Gasteiger partial charge in [-0.25, -0.2) is 4.39 Å². The Morgan fingerprint density at radius 2 is 2.26 bits per heavy atom. The number of hydrogen-bond acceptors (Lipinski definition) is 3. The van der Waals surface area contributed by atoms with Crippen molar-refractivity contribution in [2.75, 3.05) is 19.8 Å². The van der Waals surface area contributed by atoms with Gasteiger partial charge in [-0.15, -0.1) is 0 Å². The molecule has 0 aromatic heterocycles. The Hall–Kier alpha value is -1.26. The van der Waals surface area contributed by atoms with Crippen molar-refractivity contribution >= 4 is 5.78 Å². The van der Waals surface area contributed by atoms with Gasteiger partial charge in [0, 0.05) is 12.5 Å². The minimum absolute atomic E-state index is 0.0931. The topological polar surface area (TPSA) is 38.3 Å². The van der Waals surface area contributed by atoms with E-state index in [1.54, 1.807) is 6.07 Å². The van der Waals surface area contributed by atoms with E-state index < -0.39 is 0 Å². The van der Waals surface area contributed by atoms with E-state index in [4.69, 9.17) is 4.74 Å². The number of Topliss-reactive ketones (excluding diaryl/α,β-unsaturated/α-hetero) is 1. The van der Waals surface area contributed by atoms with Crippen LogP contribution in [-0.4, -0.2) is 31.6 Å². The number of likely N-dealkylation sites (N-methyl/N-ethyl adjacent to an activating group) is 1. The van der Waals surface area contributed by atoms with Gasteiger partial charge in [-0.1, -0.05) is 13.0 Å². The fourth-order valence-corrected chi connectivity index (χ4v) is 2.51. The summed E-state index contributed by atoms with van der Waals surface area (Å²) in [6, 6.07) is 4.68. The largest absolute Gasteiger partial charge is 0.379 e. The van der Waals surface area contributed by atoms with Crippen LogP contribution in [0.4, 0.5) is 4.39 Å². The zero-order chi connectivity index (χ0) is 13.8. The number of benzene rings is 1. The van der Waals surface area contributed by atoms with Crippen molar-refractivity contribution in [2.24, 2.45) is 5.92 Å². The quantitative estimate of drug-likeness (QED) is 0.883. The maximum absolute atomic E-state index is 13.0. The number of halogens is 1. The molecule has 0 saturated carbocycles. The van der Waals surface area contributed by atoms with Gasteiger partial charge in [-0.2, -0.15) is 0 Å². The van der Waals surface area contributed by atoms with Crippen LogP contribution < -0.4 is 5.32 Å². The summed E-state index contributed by atoms with van der Waals surface area (Å²) in [6.45, 7) is 5.75. The van der Waals surface area contributed by atoms with Gasteiger partial charge >= 0.3 is 0 Å². The zero-order valence-corrected chi connectivity index (χ0v) is 11.4. The third-order valence-electron chi connectivity index (χ3n) is 3.63. The number of hydrogen-bond donors (Lipinski definition) is 1. The molecule has 1 aliphatic rings. The second-order valence-corrected chi connectivity index (χ2v) is 5.02.